The fourth-order valence-corrected chi connectivity index (χ4v) is 5.03. The van der Waals surface area contributed by atoms with Crippen molar-refractivity contribution in [3.63, 3.8) is 0 Å². The summed E-state index contributed by atoms with van der Waals surface area (Å²) in [5.41, 5.74) is 2.31. The molecule has 0 spiro atoms. The highest BCUT2D eigenvalue weighted by Crippen LogP contribution is 2.30. The zero-order valence-corrected chi connectivity index (χ0v) is 18.3. The molecule has 8 nitrogen and oxygen atoms in total. The van der Waals surface area contributed by atoms with Crippen molar-refractivity contribution >= 4 is 34.7 Å². The number of nitrogens with one attached hydrogen (secondary N) is 1. The second-order valence-electron chi connectivity index (χ2n) is 8.47. The number of piperidine rings is 3. The normalized spacial score (nSPS) is 24.8. The lowest BCUT2D eigenvalue weighted by Gasteiger charge is -2.44. The third kappa shape index (κ3) is 4.21. The van der Waals surface area contributed by atoms with Gasteiger partial charge in [-0.1, -0.05) is 0 Å². The minimum Gasteiger partial charge on any atom is -0.346 e. The zero-order chi connectivity index (χ0) is 22.0. The fourth-order valence-electron chi connectivity index (χ4n) is 5.03. The number of rotatable bonds is 4. The molecule has 2 bridgehead atoms. The molecule has 1 aromatic heterocycles. The van der Waals surface area contributed by atoms with Gasteiger partial charge in [-0.25, -0.2) is 0 Å². The van der Waals surface area contributed by atoms with Crippen LogP contribution in [0.4, 0.5) is 5.69 Å². The summed E-state index contributed by atoms with van der Waals surface area (Å²) >= 11 is 0. The van der Waals surface area contributed by atoms with E-state index >= 15 is 0 Å². The molecule has 4 aliphatic rings. The zero-order valence-electron chi connectivity index (χ0n) is 18.3. The lowest BCUT2D eigenvalue weighted by molar-refractivity contribution is -0.117. The predicted octanol–water partition coefficient (Wildman–Crippen LogP) is 2.21. The summed E-state index contributed by atoms with van der Waals surface area (Å²) in [6.45, 7) is 8.17. The Balaban J connectivity index is 0.000000730. The average Bonchev–Trinajstić information content (AvgIpc) is 3.38. The minimum atomic E-state index is -0.0825. The molecular weight excluding hydrogens is 394 g/mol. The minimum absolute atomic E-state index is 0.0825. The van der Waals surface area contributed by atoms with Crippen LogP contribution in [0.15, 0.2) is 18.2 Å². The Kier molecular flexibility index (Phi) is 6.36. The van der Waals surface area contributed by atoms with Gasteiger partial charge >= 0.3 is 0 Å². The maximum Gasteiger partial charge on any atom is 0.272 e. The summed E-state index contributed by atoms with van der Waals surface area (Å²) < 4.78 is 1.87. The van der Waals surface area contributed by atoms with Gasteiger partial charge in [0.25, 0.3) is 5.91 Å². The molecule has 2 aromatic rings. The van der Waals surface area contributed by atoms with Crippen LogP contribution in [0.1, 0.15) is 50.0 Å². The number of fused-ring (bicyclic) bond motifs is 4. The van der Waals surface area contributed by atoms with E-state index in [4.69, 9.17) is 4.79 Å². The number of carbonyl (C=O) groups excluding carboxylic acids is 3. The van der Waals surface area contributed by atoms with Crippen LogP contribution in [-0.2, 0) is 16.1 Å². The van der Waals surface area contributed by atoms with Crippen LogP contribution in [0.25, 0.3) is 10.9 Å². The average molecular weight is 426 g/mol. The first-order valence-corrected chi connectivity index (χ1v) is 11.3. The van der Waals surface area contributed by atoms with Crippen molar-refractivity contribution in [1.29, 1.82) is 0 Å². The molecule has 6 rings (SSSR count). The van der Waals surface area contributed by atoms with Crippen molar-refractivity contribution < 1.29 is 14.4 Å². The lowest BCUT2D eigenvalue weighted by Crippen LogP contribution is -2.57. The molecule has 0 aliphatic carbocycles. The summed E-state index contributed by atoms with van der Waals surface area (Å²) in [5, 5.41) is 8.72. The van der Waals surface area contributed by atoms with Crippen LogP contribution in [0.2, 0.25) is 0 Å². The topological polar surface area (TPSA) is 87.5 Å². The number of nitrogens with zero attached hydrogens (tertiary/aromatic N) is 4. The SMILES string of the molecule is CC=O.CCn1nc(C(=O)N[C@@H]2CN3CCC2CC3)c2ccc(N3CCCC3=O)cc21. The largest absolute Gasteiger partial charge is 0.346 e. The Bertz CT molecular complexity index is 977. The van der Waals surface area contributed by atoms with Crippen molar-refractivity contribution in [1.82, 2.24) is 20.0 Å². The van der Waals surface area contributed by atoms with Gasteiger partial charge in [-0.3, -0.25) is 14.3 Å². The highest BCUT2D eigenvalue weighted by atomic mass is 16.2. The predicted molar refractivity (Wildman–Crippen MR) is 119 cm³/mol. The van der Waals surface area contributed by atoms with E-state index in [1.165, 1.54) is 19.8 Å². The van der Waals surface area contributed by atoms with E-state index in [-0.39, 0.29) is 17.9 Å². The molecule has 166 valence electrons. The van der Waals surface area contributed by atoms with Crippen LogP contribution < -0.4 is 10.2 Å². The number of carbonyl (C=O) groups is 3. The van der Waals surface area contributed by atoms with Gasteiger partial charge in [0, 0.05) is 43.2 Å². The number of amides is 2. The monoisotopic (exact) mass is 425 g/mol. The van der Waals surface area contributed by atoms with Crippen LogP contribution >= 0.6 is 0 Å². The van der Waals surface area contributed by atoms with Crippen molar-refractivity contribution in [3.05, 3.63) is 23.9 Å². The van der Waals surface area contributed by atoms with E-state index in [0.29, 0.717) is 24.6 Å². The standard InChI is InChI=1S/C21H27N5O2.C2H4O/c1-2-26-18-12-15(25-9-3-4-19(25)27)5-6-16(18)20(23-26)21(28)22-17-13-24-10-7-14(17)8-11-24;1-2-3/h5-6,12,14,17H,2-4,7-11,13H2,1H3,(H,22,28);2H,1H3/t17-;/m1./s1. The molecule has 1 aromatic carbocycles. The van der Waals surface area contributed by atoms with Gasteiger partial charge in [-0.05, 0) is 70.3 Å². The van der Waals surface area contributed by atoms with E-state index in [1.54, 1.807) is 0 Å². The quantitative estimate of drug-likeness (QED) is 0.759. The van der Waals surface area contributed by atoms with Gasteiger partial charge in [0.05, 0.1) is 5.52 Å². The molecule has 0 radical (unpaired) electrons. The van der Waals surface area contributed by atoms with Crippen molar-refractivity contribution in [2.75, 3.05) is 31.1 Å². The lowest BCUT2D eigenvalue weighted by atomic mass is 9.84. The molecule has 31 heavy (non-hydrogen) atoms. The first kappa shape index (κ1) is 21.5. The molecule has 8 heteroatoms. The van der Waals surface area contributed by atoms with E-state index in [9.17, 15) is 9.59 Å². The van der Waals surface area contributed by atoms with Crippen LogP contribution in [0.3, 0.4) is 0 Å². The van der Waals surface area contributed by atoms with Crippen molar-refractivity contribution in [2.45, 2.75) is 52.1 Å². The Hall–Kier alpha value is -2.74. The molecule has 4 fully saturated rings. The second kappa shape index (κ2) is 9.18. The van der Waals surface area contributed by atoms with Crippen molar-refractivity contribution in [3.8, 4) is 0 Å². The number of hydrogen-bond acceptors (Lipinski definition) is 5. The van der Waals surface area contributed by atoms with Crippen molar-refractivity contribution in [2.24, 2.45) is 5.92 Å². The summed E-state index contributed by atoms with van der Waals surface area (Å²) in [5.74, 6) is 0.671. The first-order chi connectivity index (χ1) is 15.0. The molecular formula is C23H31N5O3. The molecule has 4 aliphatic heterocycles. The molecule has 1 N–H and O–H groups in total. The molecule has 1 atom stereocenters. The van der Waals surface area contributed by atoms with Gasteiger partial charge in [0.1, 0.15) is 6.29 Å². The second-order valence-corrected chi connectivity index (χ2v) is 8.47. The van der Waals surface area contributed by atoms with E-state index in [2.05, 4.69) is 15.3 Å². The summed E-state index contributed by atoms with van der Waals surface area (Å²) in [6.07, 6.45) is 4.60. The molecule has 5 heterocycles. The summed E-state index contributed by atoms with van der Waals surface area (Å²) in [4.78, 5) is 38.2. The van der Waals surface area contributed by atoms with Gasteiger partial charge in [-0.15, -0.1) is 0 Å². The van der Waals surface area contributed by atoms with Gasteiger partial charge < -0.3 is 19.9 Å². The number of anilines is 1. The third-order valence-electron chi connectivity index (χ3n) is 6.61. The smallest absolute Gasteiger partial charge is 0.272 e. The Labute approximate surface area is 182 Å². The Morgan fingerprint density at radius 1 is 1.26 bits per heavy atom. The van der Waals surface area contributed by atoms with Crippen LogP contribution in [0, 0.1) is 5.92 Å². The maximum absolute atomic E-state index is 13.1. The molecule has 0 saturated carbocycles. The third-order valence-corrected chi connectivity index (χ3v) is 6.61. The number of benzene rings is 1. The van der Waals surface area contributed by atoms with E-state index in [1.807, 2.05) is 34.7 Å². The van der Waals surface area contributed by atoms with E-state index < -0.39 is 0 Å². The summed E-state index contributed by atoms with van der Waals surface area (Å²) in [7, 11) is 0. The van der Waals surface area contributed by atoms with Gasteiger partial charge in [0.15, 0.2) is 5.69 Å². The summed E-state index contributed by atoms with van der Waals surface area (Å²) in [6, 6.07) is 6.11. The van der Waals surface area contributed by atoms with Crippen LogP contribution in [0.5, 0.6) is 0 Å². The van der Waals surface area contributed by atoms with Gasteiger partial charge in [0.2, 0.25) is 5.91 Å². The Morgan fingerprint density at radius 3 is 2.58 bits per heavy atom. The molecule has 0 unspecified atom stereocenters. The highest BCUT2D eigenvalue weighted by molar-refractivity contribution is 6.06. The number of aryl methyl sites for hydroxylation is 1. The first-order valence-electron chi connectivity index (χ1n) is 11.3. The maximum atomic E-state index is 13.1. The molecule has 4 saturated heterocycles. The number of aldehydes is 1. The van der Waals surface area contributed by atoms with E-state index in [0.717, 1.165) is 55.5 Å². The fraction of sp³-hybridized carbons (Fsp3) is 0.565. The Morgan fingerprint density at radius 2 is 2.00 bits per heavy atom. The number of hydrogen-bond donors (Lipinski definition) is 1. The molecule has 2 amide bonds. The highest BCUT2D eigenvalue weighted by Gasteiger charge is 2.35. The van der Waals surface area contributed by atoms with Crippen LogP contribution in [-0.4, -0.2) is 65.0 Å². The van der Waals surface area contributed by atoms with Gasteiger partial charge in [-0.2, -0.15) is 5.10 Å². The number of aromatic nitrogens is 2.